The van der Waals surface area contributed by atoms with E-state index in [1.54, 1.807) is 0 Å². The normalized spacial score (nSPS) is 22.6. The number of nitrogens with zero attached hydrogens (tertiary/aromatic N) is 4. The Labute approximate surface area is 158 Å². The maximum absolute atomic E-state index is 4.82. The van der Waals surface area contributed by atoms with Crippen LogP contribution in [0.2, 0.25) is 0 Å². The second-order valence-corrected chi connectivity index (χ2v) is 7.73. The minimum atomic E-state index is 0.805. The number of aryl methyl sites for hydroxylation is 1. The molecular weight excluding hydrogens is 338 g/mol. The van der Waals surface area contributed by atoms with Gasteiger partial charge in [0.1, 0.15) is 5.82 Å². The first kappa shape index (κ1) is 16.5. The minimum absolute atomic E-state index is 0.805. The molecule has 5 rings (SSSR count). The van der Waals surface area contributed by atoms with Crippen molar-refractivity contribution >= 4 is 28.4 Å². The molecule has 2 fully saturated rings. The molecule has 0 radical (unpaired) electrons. The highest BCUT2D eigenvalue weighted by Gasteiger charge is 2.30. The van der Waals surface area contributed by atoms with Gasteiger partial charge in [-0.1, -0.05) is 0 Å². The van der Waals surface area contributed by atoms with Crippen LogP contribution < -0.4 is 15.5 Å². The zero-order valence-corrected chi connectivity index (χ0v) is 15.6. The van der Waals surface area contributed by atoms with Crippen molar-refractivity contribution in [2.24, 2.45) is 11.8 Å². The molecular formula is C20H25N7. The Kier molecular flexibility index (Phi) is 4.16. The molecule has 2 aliphatic rings. The van der Waals surface area contributed by atoms with Gasteiger partial charge in [0.25, 0.3) is 0 Å². The number of hydrogen-bond donors (Lipinski definition) is 3. The first-order valence-corrected chi connectivity index (χ1v) is 9.76. The van der Waals surface area contributed by atoms with Gasteiger partial charge < -0.3 is 15.5 Å². The Hall–Kier alpha value is -2.67. The highest BCUT2D eigenvalue weighted by molar-refractivity contribution is 5.82. The van der Waals surface area contributed by atoms with Gasteiger partial charge in [0.2, 0.25) is 5.95 Å². The fraction of sp³-hybridized carbons (Fsp3) is 0.450. The number of H-pyrrole nitrogens is 1. The van der Waals surface area contributed by atoms with E-state index in [0.717, 1.165) is 72.1 Å². The van der Waals surface area contributed by atoms with Crippen molar-refractivity contribution in [2.45, 2.75) is 19.8 Å². The second-order valence-electron chi connectivity index (χ2n) is 7.73. The largest absolute Gasteiger partial charge is 0.341 e. The van der Waals surface area contributed by atoms with E-state index in [2.05, 4.69) is 31.8 Å². The molecule has 27 heavy (non-hydrogen) atoms. The summed E-state index contributed by atoms with van der Waals surface area (Å²) in [7, 11) is 0. The molecule has 0 amide bonds. The summed E-state index contributed by atoms with van der Waals surface area (Å²) in [5.41, 5.74) is 3.02. The minimum Gasteiger partial charge on any atom is -0.341 e. The van der Waals surface area contributed by atoms with E-state index in [1.807, 2.05) is 31.3 Å². The molecule has 0 saturated carbocycles. The maximum Gasteiger partial charge on any atom is 0.227 e. The van der Waals surface area contributed by atoms with Gasteiger partial charge in [0, 0.05) is 35.9 Å². The van der Waals surface area contributed by atoms with Gasteiger partial charge in [0.05, 0.1) is 11.7 Å². The van der Waals surface area contributed by atoms with Crippen LogP contribution in [0, 0.1) is 18.8 Å². The molecule has 2 aromatic heterocycles. The van der Waals surface area contributed by atoms with Gasteiger partial charge in [-0.15, -0.1) is 0 Å². The third-order valence-corrected chi connectivity index (χ3v) is 5.86. The summed E-state index contributed by atoms with van der Waals surface area (Å²) < 4.78 is 0. The smallest absolute Gasteiger partial charge is 0.227 e. The van der Waals surface area contributed by atoms with Crippen molar-refractivity contribution in [1.29, 1.82) is 0 Å². The van der Waals surface area contributed by atoms with Crippen LogP contribution in [0.1, 0.15) is 18.5 Å². The molecule has 0 bridgehead atoms. The number of aromatic nitrogens is 4. The fourth-order valence-electron chi connectivity index (χ4n) is 4.34. The van der Waals surface area contributed by atoms with Crippen LogP contribution >= 0.6 is 0 Å². The molecule has 3 aromatic rings. The van der Waals surface area contributed by atoms with E-state index >= 15 is 0 Å². The highest BCUT2D eigenvalue weighted by Crippen LogP contribution is 2.29. The van der Waals surface area contributed by atoms with E-state index in [4.69, 9.17) is 9.97 Å². The average Bonchev–Trinajstić information content (AvgIpc) is 3.26. The Morgan fingerprint density at radius 1 is 1.07 bits per heavy atom. The van der Waals surface area contributed by atoms with Crippen LogP contribution in [-0.4, -0.2) is 46.3 Å². The molecule has 2 saturated heterocycles. The number of hydrogen-bond acceptors (Lipinski definition) is 6. The van der Waals surface area contributed by atoms with E-state index < -0.39 is 0 Å². The van der Waals surface area contributed by atoms with Crippen LogP contribution in [0.4, 0.5) is 17.5 Å². The van der Waals surface area contributed by atoms with Gasteiger partial charge in [0.15, 0.2) is 0 Å². The van der Waals surface area contributed by atoms with Crippen LogP contribution in [0.3, 0.4) is 0 Å². The summed E-state index contributed by atoms with van der Waals surface area (Å²) in [6.45, 7) is 6.43. The van der Waals surface area contributed by atoms with Crippen LogP contribution in [0.15, 0.2) is 30.5 Å². The summed E-state index contributed by atoms with van der Waals surface area (Å²) in [5.74, 6) is 3.29. The van der Waals surface area contributed by atoms with E-state index in [1.165, 1.54) is 12.8 Å². The molecule has 7 nitrogen and oxygen atoms in total. The van der Waals surface area contributed by atoms with Crippen molar-refractivity contribution in [2.75, 3.05) is 36.4 Å². The highest BCUT2D eigenvalue weighted by atomic mass is 15.3. The van der Waals surface area contributed by atoms with Crippen molar-refractivity contribution in [1.82, 2.24) is 25.5 Å². The summed E-state index contributed by atoms with van der Waals surface area (Å²) in [4.78, 5) is 11.9. The van der Waals surface area contributed by atoms with Gasteiger partial charge in [-0.3, -0.25) is 5.10 Å². The van der Waals surface area contributed by atoms with Crippen molar-refractivity contribution < 1.29 is 0 Å². The number of nitrogens with one attached hydrogen (secondary N) is 3. The lowest BCUT2D eigenvalue weighted by Crippen LogP contribution is -2.28. The van der Waals surface area contributed by atoms with Crippen LogP contribution in [0.25, 0.3) is 10.9 Å². The second kappa shape index (κ2) is 6.81. The number of rotatable bonds is 3. The third-order valence-electron chi connectivity index (χ3n) is 5.86. The first-order valence-electron chi connectivity index (χ1n) is 9.76. The lowest BCUT2D eigenvalue weighted by molar-refractivity contribution is 0.409. The first-order chi connectivity index (χ1) is 13.2. The number of aromatic amines is 1. The van der Waals surface area contributed by atoms with E-state index in [-0.39, 0.29) is 0 Å². The third kappa shape index (κ3) is 3.35. The zero-order valence-electron chi connectivity index (χ0n) is 15.6. The molecule has 3 N–H and O–H groups in total. The predicted octanol–water partition coefficient (Wildman–Crippen LogP) is 2.84. The Morgan fingerprint density at radius 3 is 2.70 bits per heavy atom. The molecule has 7 heteroatoms. The quantitative estimate of drug-likeness (QED) is 0.664. The van der Waals surface area contributed by atoms with Crippen molar-refractivity contribution in [3.63, 3.8) is 0 Å². The predicted molar refractivity (Wildman–Crippen MR) is 107 cm³/mol. The number of anilines is 3. The molecule has 4 heterocycles. The van der Waals surface area contributed by atoms with E-state index in [0.29, 0.717) is 0 Å². The number of fused-ring (bicyclic) bond motifs is 2. The summed E-state index contributed by atoms with van der Waals surface area (Å²) in [6.07, 6.45) is 4.27. The molecule has 1 aromatic carbocycles. The van der Waals surface area contributed by atoms with Crippen LogP contribution in [-0.2, 0) is 0 Å². The van der Waals surface area contributed by atoms with Gasteiger partial charge in [-0.2, -0.15) is 10.1 Å². The Morgan fingerprint density at radius 2 is 1.89 bits per heavy atom. The van der Waals surface area contributed by atoms with E-state index in [9.17, 15) is 0 Å². The monoisotopic (exact) mass is 363 g/mol. The molecule has 2 atom stereocenters. The molecule has 2 aliphatic heterocycles. The Balaban J connectivity index is 1.37. The lowest BCUT2D eigenvalue weighted by atomic mass is 9.92. The SMILES string of the molecule is Cc1cc(Nc2ccc3[nH]ncc3c2)nc(N2CCC3CNCC3CC2)n1. The lowest BCUT2D eigenvalue weighted by Gasteiger charge is -2.22. The zero-order chi connectivity index (χ0) is 18.2. The summed E-state index contributed by atoms with van der Waals surface area (Å²) in [5, 5.41) is 15.1. The number of benzene rings is 1. The summed E-state index contributed by atoms with van der Waals surface area (Å²) >= 11 is 0. The van der Waals surface area contributed by atoms with Gasteiger partial charge in [-0.25, -0.2) is 4.98 Å². The maximum atomic E-state index is 4.82. The fourth-order valence-corrected chi connectivity index (χ4v) is 4.34. The molecule has 0 aliphatic carbocycles. The topological polar surface area (TPSA) is 81.8 Å². The molecule has 2 unspecified atom stereocenters. The summed E-state index contributed by atoms with van der Waals surface area (Å²) in [6, 6.07) is 8.15. The van der Waals surface area contributed by atoms with Gasteiger partial charge >= 0.3 is 0 Å². The molecule has 0 spiro atoms. The molecule has 140 valence electrons. The van der Waals surface area contributed by atoms with Crippen LogP contribution in [0.5, 0.6) is 0 Å². The Bertz CT molecular complexity index is 936. The van der Waals surface area contributed by atoms with Crippen molar-refractivity contribution in [3.8, 4) is 0 Å². The van der Waals surface area contributed by atoms with Crippen molar-refractivity contribution in [3.05, 3.63) is 36.2 Å². The average molecular weight is 363 g/mol. The standard InChI is InChI=1S/C20H25N7/c1-13-8-19(24-17-2-3-18-16(9-17)12-22-26-18)25-20(23-13)27-6-4-14-10-21-11-15(14)5-7-27/h2-3,8-9,12,14-15,21H,4-7,10-11H2,1H3,(H,22,26)(H,23,24,25). The van der Waals surface area contributed by atoms with Gasteiger partial charge in [-0.05, 0) is 62.9 Å².